The minimum atomic E-state index is -0.404. The third-order valence-corrected chi connectivity index (χ3v) is 3.97. The highest BCUT2D eigenvalue weighted by atomic mass is 79.9. The van der Waals surface area contributed by atoms with Gasteiger partial charge >= 0.3 is 5.97 Å². The van der Waals surface area contributed by atoms with Gasteiger partial charge in [0.05, 0.1) is 119 Å². The number of halogens is 1. The lowest BCUT2D eigenvalue weighted by molar-refractivity contribution is -0.146. The van der Waals surface area contributed by atoms with Crippen molar-refractivity contribution in [1.82, 2.24) is 0 Å². The van der Waals surface area contributed by atoms with E-state index >= 15 is 0 Å². The van der Waals surface area contributed by atoms with Crippen molar-refractivity contribution in [2.24, 2.45) is 0 Å². The summed E-state index contributed by atoms with van der Waals surface area (Å²) in [5, 5.41) is 0.836. The minimum Gasteiger partial charge on any atom is -0.467 e. The van der Waals surface area contributed by atoms with Gasteiger partial charge in [0.25, 0.3) is 0 Å². The second-order valence-electron chi connectivity index (χ2n) is 6.22. The van der Waals surface area contributed by atoms with Crippen molar-refractivity contribution in [1.29, 1.82) is 0 Å². The van der Waals surface area contributed by atoms with Crippen LogP contribution in [0.25, 0.3) is 0 Å². The molecule has 198 valence electrons. The first kappa shape index (κ1) is 32.6. The Morgan fingerprint density at radius 1 is 0.455 bits per heavy atom. The normalized spacial score (nSPS) is 11.2. The van der Waals surface area contributed by atoms with Crippen molar-refractivity contribution >= 4 is 21.9 Å². The second-order valence-corrected chi connectivity index (χ2v) is 7.01. The highest BCUT2D eigenvalue weighted by Crippen LogP contribution is 1.87. The van der Waals surface area contributed by atoms with E-state index in [1.165, 1.54) is 7.11 Å². The number of methoxy groups -OCH3 is 1. The number of hydrogen-bond acceptors (Lipinski definition) is 11. The lowest BCUT2D eigenvalue weighted by Gasteiger charge is -2.08. The van der Waals surface area contributed by atoms with Crippen LogP contribution in [0.4, 0.5) is 0 Å². The maximum atomic E-state index is 10.8. The van der Waals surface area contributed by atoms with Gasteiger partial charge in [0, 0.05) is 5.33 Å². The van der Waals surface area contributed by atoms with E-state index in [1.54, 1.807) is 0 Å². The van der Waals surface area contributed by atoms with Crippen LogP contribution in [-0.2, 0) is 52.2 Å². The molecule has 0 N–H and O–H groups in total. The third-order valence-electron chi connectivity index (χ3n) is 3.65. The van der Waals surface area contributed by atoms with Gasteiger partial charge in [0.15, 0.2) is 0 Å². The van der Waals surface area contributed by atoms with E-state index in [-0.39, 0.29) is 6.61 Å². The monoisotopic (exact) mass is 548 g/mol. The Labute approximate surface area is 205 Å². The first-order chi connectivity index (χ1) is 16.3. The number of rotatable bonds is 28. The fraction of sp³-hybridized carbons (Fsp3) is 0.952. The van der Waals surface area contributed by atoms with Crippen molar-refractivity contribution in [3.05, 3.63) is 0 Å². The zero-order valence-corrected chi connectivity index (χ0v) is 21.4. The van der Waals surface area contributed by atoms with Crippen molar-refractivity contribution in [3.8, 4) is 0 Å². The van der Waals surface area contributed by atoms with Crippen LogP contribution in [-0.4, -0.2) is 137 Å². The standard InChI is InChI=1S/C21H41BrO11/c1-24-21(23)20-33-19-18-32-17-16-31-15-14-30-13-12-29-11-10-28-9-8-27-7-6-26-5-4-25-3-2-22/h2-20H2,1H3. The third kappa shape index (κ3) is 29.6. The second kappa shape index (κ2) is 29.6. The van der Waals surface area contributed by atoms with Crippen molar-refractivity contribution in [2.45, 2.75) is 0 Å². The molecular formula is C21H41BrO11. The van der Waals surface area contributed by atoms with Crippen LogP contribution in [0.5, 0.6) is 0 Å². The fourth-order valence-electron chi connectivity index (χ4n) is 2.03. The quantitative estimate of drug-likeness (QED) is 0.0782. The van der Waals surface area contributed by atoms with E-state index in [2.05, 4.69) is 20.7 Å². The van der Waals surface area contributed by atoms with Crippen LogP contribution in [0.1, 0.15) is 0 Å². The molecule has 0 aliphatic rings. The Bertz CT molecular complexity index is 391. The lowest BCUT2D eigenvalue weighted by atomic mass is 10.6. The zero-order valence-electron chi connectivity index (χ0n) is 19.8. The maximum absolute atomic E-state index is 10.8. The van der Waals surface area contributed by atoms with Gasteiger partial charge in [-0.15, -0.1) is 0 Å². The average molecular weight is 549 g/mol. The Balaban J connectivity index is 3.02. The highest BCUT2D eigenvalue weighted by molar-refractivity contribution is 9.09. The first-order valence-electron chi connectivity index (χ1n) is 11.1. The lowest BCUT2D eigenvalue weighted by Crippen LogP contribution is -2.16. The van der Waals surface area contributed by atoms with Gasteiger partial charge in [-0.05, 0) is 0 Å². The molecule has 0 aliphatic heterocycles. The molecule has 0 amide bonds. The molecular weight excluding hydrogens is 508 g/mol. The minimum absolute atomic E-state index is 0.0644. The predicted molar refractivity (Wildman–Crippen MR) is 123 cm³/mol. The summed E-state index contributed by atoms with van der Waals surface area (Å²) < 4.78 is 52.4. The maximum Gasteiger partial charge on any atom is 0.331 e. The molecule has 0 rings (SSSR count). The van der Waals surface area contributed by atoms with E-state index in [4.69, 9.17) is 42.6 Å². The van der Waals surface area contributed by atoms with E-state index in [9.17, 15) is 4.79 Å². The SMILES string of the molecule is COC(=O)COCCOCCOCCOCCOCCOCCOCCOCCOCCBr. The number of hydrogen-bond donors (Lipinski definition) is 0. The topological polar surface area (TPSA) is 109 Å². The number of carbonyl (C=O) groups excluding carboxylic acids is 1. The number of esters is 1. The summed E-state index contributed by atoms with van der Waals surface area (Å²) in [6, 6.07) is 0. The molecule has 0 saturated heterocycles. The Hall–Kier alpha value is -0.410. The summed E-state index contributed by atoms with van der Waals surface area (Å²) in [5.41, 5.74) is 0. The van der Waals surface area contributed by atoms with Crippen molar-refractivity contribution < 1.29 is 52.2 Å². The molecule has 0 radical (unpaired) electrons. The van der Waals surface area contributed by atoms with Gasteiger partial charge in [-0.25, -0.2) is 4.79 Å². The summed E-state index contributed by atoms with van der Waals surface area (Å²) in [5.74, 6) is -0.404. The smallest absolute Gasteiger partial charge is 0.331 e. The molecule has 12 heteroatoms. The van der Waals surface area contributed by atoms with Crippen LogP contribution in [0.15, 0.2) is 0 Å². The van der Waals surface area contributed by atoms with E-state index in [0.29, 0.717) is 112 Å². The molecule has 0 aromatic rings. The molecule has 0 aliphatic carbocycles. The molecule has 0 aromatic carbocycles. The molecule has 0 heterocycles. The number of alkyl halides is 1. The number of ether oxygens (including phenoxy) is 10. The molecule has 33 heavy (non-hydrogen) atoms. The summed E-state index contributed by atoms with van der Waals surface area (Å²) in [4.78, 5) is 10.8. The van der Waals surface area contributed by atoms with E-state index in [1.807, 2.05) is 0 Å². The first-order valence-corrected chi connectivity index (χ1v) is 12.3. The molecule has 0 aromatic heterocycles. The molecule has 0 fully saturated rings. The van der Waals surface area contributed by atoms with Gasteiger partial charge in [-0.3, -0.25) is 0 Å². The van der Waals surface area contributed by atoms with Gasteiger partial charge in [0.2, 0.25) is 0 Å². The zero-order chi connectivity index (χ0) is 24.1. The Kier molecular flexibility index (Phi) is 29.3. The van der Waals surface area contributed by atoms with Crippen LogP contribution in [0.2, 0.25) is 0 Å². The van der Waals surface area contributed by atoms with Gasteiger partial charge in [-0.2, -0.15) is 0 Å². The van der Waals surface area contributed by atoms with E-state index < -0.39 is 5.97 Å². The Morgan fingerprint density at radius 3 is 0.939 bits per heavy atom. The van der Waals surface area contributed by atoms with Crippen LogP contribution >= 0.6 is 15.9 Å². The van der Waals surface area contributed by atoms with Gasteiger partial charge in [-0.1, -0.05) is 15.9 Å². The van der Waals surface area contributed by atoms with Crippen LogP contribution in [0, 0.1) is 0 Å². The molecule has 0 saturated carbocycles. The highest BCUT2D eigenvalue weighted by Gasteiger charge is 1.99. The summed E-state index contributed by atoms with van der Waals surface area (Å²) >= 11 is 3.29. The summed E-state index contributed by atoms with van der Waals surface area (Å²) in [6.45, 7) is 8.62. The molecule has 0 bridgehead atoms. The predicted octanol–water partition coefficient (Wildman–Crippen LogP) is 0.704. The molecule has 0 unspecified atom stereocenters. The van der Waals surface area contributed by atoms with E-state index in [0.717, 1.165) is 5.33 Å². The van der Waals surface area contributed by atoms with Crippen molar-refractivity contribution in [2.75, 3.05) is 131 Å². The van der Waals surface area contributed by atoms with Gasteiger partial charge in [0.1, 0.15) is 6.61 Å². The molecule has 0 atom stereocenters. The average Bonchev–Trinajstić information content (AvgIpc) is 2.83. The summed E-state index contributed by atoms with van der Waals surface area (Å²) in [7, 11) is 1.32. The van der Waals surface area contributed by atoms with Gasteiger partial charge < -0.3 is 47.4 Å². The molecule has 11 nitrogen and oxygen atoms in total. The summed E-state index contributed by atoms with van der Waals surface area (Å²) in [6.07, 6.45) is 0. The van der Waals surface area contributed by atoms with Crippen molar-refractivity contribution in [3.63, 3.8) is 0 Å². The largest absolute Gasteiger partial charge is 0.467 e. The fourth-order valence-corrected chi connectivity index (χ4v) is 2.26. The number of carbonyl (C=O) groups is 1. The van der Waals surface area contributed by atoms with Crippen LogP contribution < -0.4 is 0 Å². The van der Waals surface area contributed by atoms with Crippen LogP contribution in [0.3, 0.4) is 0 Å². The molecule has 0 spiro atoms. The Morgan fingerprint density at radius 2 is 0.697 bits per heavy atom.